The van der Waals surface area contributed by atoms with Crippen molar-refractivity contribution in [2.75, 3.05) is 0 Å². The Morgan fingerprint density at radius 1 is 1.27 bits per heavy atom. The number of halogens is 3. The summed E-state index contributed by atoms with van der Waals surface area (Å²) in [4.78, 5) is -1.31. The third kappa shape index (κ3) is 2.39. The first kappa shape index (κ1) is 11.8. The standard InChI is InChI=1S/C7H6F3NO3S/c8-7(9,10)4-2-1-3-5(12)6(4)15(11,13)14/h1-3,12H,(H2,11,13,14). The Morgan fingerprint density at radius 2 is 1.80 bits per heavy atom. The molecule has 0 saturated carbocycles. The van der Waals surface area contributed by atoms with E-state index in [1.54, 1.807) is 0 Å². The van der Waals surface area contributed by atoms with Gasteiger partial charge < -0.3 is 5.11 Å². The minimum absolute atomic E-state index is 0.527. The van der Waals surface area contributed by atoms with Crippen LogP contribution in [-0.4, -0.2) is 13.5 Å². The fraction of sp³-hybridized carbons (Fsp3) is 0.143. The minimum atomic E-state index is -4.89. The highest BCUT2D eigenvalue weighted by atomic mass is 32.2. The molecule has 0 aliphatic carbocycles. The number of phenols is 1. The molecule has 0 fully saturated rings. The number of alkyl halides is 3. The lowest BCUT2D eigenvalue weighted by atomic mass is 10.2. The molecule has 0 bridgehead atoms. The van der Waals surface area contributed by atoms with Crippen molar-refractivity contribution < 1.29 is 26.7 Å². The number of phenolic OH excluding ortho intramolecular Hbond substituents is 1. The summed E-state index contributed by atoms with van der Waals surface area (Å²) in [5, 5.41) is 13.6. The van der Waals surface area contributed by atoms with Crippen molar-refractivity contribution in [3.8, 4) is 5.75 Å². The average Bonchev–Trinajstić information content (AvgIpc) is 1.99. The predicted octanol–water partition coefficient (Wildman–Crippen LogP) is 1.06. The molecule has 84 valence electrons. The number of hydrogen-bond donors (Lipinski definition) is 2. The molecule has 4 nitrogen and oxygen atoms in total. The quantitative estimate of drug-likeness (QED) is 0.771. The van der Waals surface area contributed by atoms with Crippen LogP contribution < -0.4 is 5.14 Å². The Hall–Kier alpha value is -1.28. The third-order valence-corrected chi connectivity index (χ3v) is 2.58. The first-order chi connectivity index (χ1) is 6.64. The topological polar surface area (TPSA) is 80.4 Å². The Balaban J connectivity index is 3.63. The largest absolute Gasteiger partial charge is 0.507 e. The molecular weight excluding hydrogens is 235 g/mol. The van der Waals surface area contributed by atoms with Crippen LogP contribution in [0.5, 0.6) is 5.75 Å². The van der Waals surface area contributed by atoms with Gasteiger partial charge in [0, 0.05) is 0 Å². The molecule has 0 aromatic heterocycles. The van der Waals surface area contributed by atoms with Gasteiger partial charge in [0.05, 0.1) is 5.56 Å². The summed E-state index contributed by atoms with van der Waals surface area (Å²) < 4.78 is 58.7. The second kappa shape index (κ2) is 3.38. The average molecular weight is 241 g/mol. The van der Waals surface area contributed by atoms with Crippen molar-refractivity contribution >= 4 is 10.0 Å². The van der Waals surface area contributed by atoms with Crippen LogP contribution in [0.2, 0.25) is 0 Å². The van der Waals surface area contributed by atoms with E-state index in [4.69, 9.17) is 5.11 Å². The van der Waals surface area contributed by atoms with Crippen molar-refractivity contribution in [2.45, 2.75) is 11.1 Å². The molecule has 0 spiro atoms. The minimum Gasteiger partial charge on any atom is -0.507 e. The first-order valence-electron chi connectivity index (χ1n) is 3.56. The highest BCUT2D eigenvalue weighted by Gasteiger charge is 2.37. The second-order valence-corrected chi connectivity index (χ2v) is 4.19. The van der Waals surface area contributed by atoms with Crippen LogP contribution in [0.4, 0.5) is 13.2 Å². The lowest BCUT2D eigenvalue weighted by Gasteiger charge is -2.11. The monoisotopic (exact) mass is 241 g/mol. The molecule has 0 saturated heterocycles. The van der Waals surface area contributed by atoms with Crippen LogP contribution in [-0.2, 0) is 16.2 Å². The van der Waals surface area contributed by atoms with Crippen molar-refractivity contribution in [2.24, 2.45) is 5.14 Å². The van der Waals surface area contributed by atoms with Gasteiger partial charge in [0.25, 0.3) is 0 Å². The second-order valence-electron chi connectivity index (χ2n) is 2.70. The SMILES string of the molecule is NS(=O)(=O)c1c(O)cccc1C(F)(F)F. The van der Waals surface area contributed by atoms with Crippen LogP contribution in [0.25, 0.3) is 0 Å². The lowest BCUT2D eigenvalue weighted by molar-refractivity contribution is -0.140. The number of primary sulfonamides is 1. The van der Waals surface area contributed by atoms with Crippen LogP contribution in [0.15, 0.2) is 23.1 Å². The fourth-order valence-electron chi connectivity index (χ4n) is 1.05. The molecule has 15 heavy (non-hydrogen) atoms. The summed E-state index contributed by atoms with van der Waals surface area (Å²) in [6, 6.07) is 2.22. The van der Waals surface area contributed by atoms with Crippen LogP contribution in [0.3, 0.4) is 0 Å². The van der Waals surface area contributed by atoms with Gasteiger partial charge in [0.1, 0.15) is 10.6 Å². The summed E-state index contributed by atoms with van der Waals surface area (Å²) in [5.41, 5.74) is -1.48. The van der Waals surface area contributed by atoms with Gasteiger partial charge in [0.2, 0.25) is 10.0 Å². The van der Waals surface area contributed by atoms with Crippen molar-refractivity contribution in [1.82, 2.24) is 0 Å². The van der Waals surface area contributed by atoms with Gasteiger partial charge in [-0.3, -0.25) is 0 Å². The van der Waals surface area contributed by atoms with E-state index in [0.29, 0.717) is 6.07 Å². The van der Waals surface area contributed by atoms with Crippen molar-refractivity contribution in [3.05, 3.63) is 23.8 Å². The summed E-state index contributed by atoms with van der Waals surface area (Å²) >= 11 is 0. The highest BCUT2D eigenvalue weighted by molar-refractivity contribution is 7.89. The van der Waals surface area contributed by atoms with E-state index in [-0.39, 0.29) is 0 Å². The molecule has 0 aliphatic heterocycles. The molecule has 0 amide bonds. The summed E-state index contributed by atoms with van der Waals surface area (Å²) in [7, 11) is -4.62. The first-order valence-corrected chi connectivity index (χ1v) is 5.10. The summed E-state index contributed by atoms with van der Waals surface area (Å²) in [5.74, 6) is -1.02. The van der Waals surface area contributed by atoms with Gasteiger partial charge in [-0.05, 0) is 12.1 Å². The van der Waals surface area contributed by atoms with Gasteiger partial charge in [-0.2, -0.15) is 13.2 Å². The smallest absolute Gasteiger partial charge is 0.417 e. The van der Waals surface area contributed by atoms with Gasteiger partial charge >= 0.3 is 6.18 Å². The Morgan fingerprint density at radius 3 is 2.13 bits per heavy atom. The van der Waals surface area contributed by atoms with Crippen molar-refractivity contribution in [1.29, 1.82) is 0 Å². The zero-order chi connectivity index (χ0) is 11.9. The zero-order valence-electron chi connectivity index (χ0n) is 7.12. The lowest BCUT2D eigenvalue weighted by Crippen LogP contribution is -2.19. The fourth-order valence-corrected chi connectivity index (χ4v) is 1.90. The molecule has 0 heterocycles. The molecular formula is C7H6F3NO3S. The number of aromatic hydroxyl groups is 1. The Bertz CT molecular complexity index is 481. The number of nitrogens with two attached hydrogens (primary N) is 1. The molecule has 0 aliphatic rings. The Labute approximate surface area is 83.2 Å². The van der Waals surface area contributed by atoms with Crippen LogP contribution in [0.1, 0.15) is 5.56 Å². The molecule has 1 aromatic carbocycles. The Kier molecular flexibility index (Phi) is 2.66. The number of hydrogen-bond acceptors (Lipinski definition) is 3. The van der Waals surface area contributed by atoms with Gasteiger partial charge in [0.15, 0.2) is 0 Å². The van der Waals surface area contributed by atoms with Crippen LogP contribution >= 0.6 is 0 Å². The molecule has 0 atom stereocenters. The van der Waals surface area contributed by atoms with Crippen molar-refractivity contribution in [3.63, 3.8) is 0 Å². The third-order valence-electron chi connectivity index (χ3n) is 1.58. The van der Waals surface area contributed by atoms with Crippen LogP contribution in [0, 0.1) is 0 Å². The van der Waals surface area contributed by atoms with E-state index >= 15 is 0 Å². The van der Waals surface area contributed by atoms with E-state index in [1.165, 1.54) is 0 Å². The summed E-state index contributed by atoms with van der Waals surface area (Å²) in [6.07, 6.45) is -4.89. The van der Waals surface area contributed by atoms with E-state index in [9.17, 15) is 21.6 Å². The molecule has 8 heteroatoms. The molecule has 0 radical (unpaired) electrons. The van der Waals surface area contributed by atoms with E-state index in [2.05, 4.69) is 5.14 Å². The normalized spacial score (nSPS) is 12.8. The number of benzene rings is 1. The maximum absolute atomic E-state index is 12.3. The number of rotatable bonds is 1. The predicted molar refractivity (Wildman–Crippen MR) is 44.5 cm³/mol. The molecule has 1 aromatic rings. The van der Waals surface area contributed by atoms with Gasteiger partial charge in [-0.25, -0.2) is 13.6 Å². The maximum atomic E-state index is 12.3. The highest BCUT2D eigenvalue weighted by Crippen LogP contribution is 2.37. The molecule has 3 N–H and O–H groups in total. The number of sulfonamides is 1. The van der Waals surface area contributed by atoms with E-state index < -0.39 is 32.4 Å². The molecule has 1 rings (SSSR count). The van der Waals surface area contributed by atoms with Gasteiger partial charge in [-0.1, -0.05) is 6.07 Å². The molecule has 0 unspecified atom stereocenters. The summed E-state index contributed by atoms with van der Waals surface area (Å²) in [6.45, 7) is 0. The maximum Gasteiger partial charge on any atom is 0.417 e. The van der Waals surface area contributed by atoms with Gasteiger partial charge in [-0.15, -0.1) is 0 Å². The zero-order valence-corrected chi connectivity index (χ0v) is 7.93. The van der Waals surface area contributed by atoms with E-state index in [0.717, 1.165) is 12.1 Å². The van der Waals surface area contributed by atoms with E-state index in [1.807, 2.05) is 0 Å².